The van der Waals surface area contributed by atoms with Crippen molar-refractivity contribution in [2.24, 2.45) is 5.92 Å². The van der Waals surface area contributed by atoms with Crippen LogP contribution in [0, 0.1) is 5.92 Å². The van der Waals surface area contributed by atoms with E-state index in [-0.39, 0.29) is 11.9 Å². The van der Waals surface area contributed by atoms with Crippen molar-refractivity contribution in [2.45, 2.75) is 25.4 Å². The Balaban J connectivity index is 1.84. The predicted octanol–water partition coefficient (Wildman–Crippen LogP) is 2.46. The number of rotatable bonds is 4. The minimum atomic E-state index is -0.315. The van der Waals surface area contributed by atoms with Crippen molar-refractivity contribution in [1.29, 1.82) is 0 Å². The van der Waals surface area contributed by atoms with Crippen LogP contribution in [-0.4, -0.2) is 32.2 Å². The van der Waals surface area contributed by atoms with Gasteiger partial charge < -0.3 is 14.2 Å². The highest BCUT2D eigenvalue weighted by atomic mass is 16.5. The summed E-state index contributed by atoms with van der Waals surface area (Å²) in [7, 11) is 1.60. The lowest BCUT2D eigenvalue weighted by Crippen LogP contribution is -2.25. The fourth-order valence-electron chi connectivity index (χ4n) is 2.39. The van der Waals surface area contributed by atoms with E-state index in [4.69, 9.17) is 14.2 Å². The number of ketones is 1. The van der Waals surface area contributed by atoms with Crippen molar-refractivity contribution < 1.29 is 19.0 Å². The van der Waals surface area contributed by atoms with Crippen LogP contribution in [0.5, 0.6) is 11.5 Å². The molecule has 102 valence electrons. The van der Waals surface area contributed by atoms with Gasteiger partial charge in [-0.2, -0.15) is 0 Å². The Bertz CT molecular complexity index is 479. The Kier molecular flexibility index (Phi) is 3.42. The third kappa shape index (κ3) is 2.59. The Morgan fingerprint density at radius 3 is 2.68 bits per heavy atom. The zero-order chi connectivity index (χ0) is 13.2. The standard InChI is InChI=1S/C15H18O4/c1-17-15(10-3-4-10)14(16)11-5-6-12-13(9-11)19-8-2-7-18-12/h5-6,9-10,15H,2-4,7-8H2,1H3. The number of carbonyl (C=O) groups excluding carboxylic acids is 1. The Morgan fingerprint density at radius 1 is 1.26 bits per heavy atom. The molecule has 1 saturated carbocycles. The van der Waals surface area contributed by atoms with Crippen LogP contribution in [0.1, 0.15) is 29.6 Å². The second-order valence-electron chi connectivity index (χ2n) is 5.07. The van der Waals surface area contributed by atoms with E-state index >= 15 is 0 Å². The lowest BCUT2D eigenvalue weighted by atomic mass is 10.0. The van der Waals surface area contributed by atoms with Gasteiger partial charge in [0.1, 0.15) is 6.10 Å². The Hall–Kier alpha value is -1.55. The van der Waals surface area contributed by atoms with Crippen LogP contribution < -0.4 is 9.47 Å². The maximum absolute atomic E-state index is 12.4. The zero-order valence-corrected chi connectivity index (χ0v) is 11.1. The monoisotopic (exact) mass is 262 g/mol. The number of carbonyl (C=O) groups is 1. The van der Waals surface area contributed by atoms with Gasteiger partial charge >= 0.3 is 0 Å². The molecule has 2 aliphatic rings. The first-order valence-electron chi connectivity index (χ1n) is 6.76. The summed E-state index contributed by atoms with van der Waals surface area (Å²) < 4.78 is 16.5. The maximum Gasteiger partial charge on any atom is 0.191 e. The number of hydrogen-bond acceptors (Lipinski definition) is 4. The van der Waals surface area contributed by atoms with E-state index in [1.807, 2.05) is 6.07 Å². The summed E-state index contributed by atoms with van der Waals surface area (Å²) in [6.07, 6.45) is 2.70. The third-order valence-corrected chi connectivity index (χ3v) is 3.59. The topological polar surface area (TPSA) is 44.8 Å². The summed E-state index contributed by atoms with van der Waals surface area (Å²) in [5.74, 6) is 1.80. The maximum atomic E-state index is 12.4. The van der Waals surface area contributed by atoms with Crippen molar-refractivity contribution >= 4 is 5.78 Å². The molecular formula is C15H18O4. The highest BCUT2D eigenvalue weighted by molar-refractivity contribution is 6.00. The van der Waals surface area contributed by atoms with E-state index in [9.17, 15) is 4.79 Å². The predicted molar refractivity (Wildman–Crippen MR) is 69.9 cm³/mol. The van der Waals surface area contributed by atoms with Gasteiger partial charge in [0, 0.05) is 19.1 Å². The van der Waals surface area contributed by atoms with Crippen molar-refractivity contribution in [3.63, 3.8) is 0 Å². The van der Waals surface area contributed by atoms with Gasteiger partial charge in [-0.3, -0.25) is 4.79 Å². The van der Waals surface area contributed by atoms with Gasteiger partial charge in [0.15, 0.2) is 17.3 Å². The summed E-state index contributed by atoms with van der Waals surface area (Å²) in [6.45, 7) is 1.28. The van der Waals surface area contributed by atoms with Crippen LogP contribution in [0.25, 0.3) is 0 Å². The van der Waals surface area contributed by atoms with Gasteiger partial charge in [-0.25, -0.2) is 0 Å². The van der Waals surface area contributed by atoms with E-state index in [0.29, 0.717) is 30.4 Å². The molecule has 0 bridgehead atoms. The van der Waals surface area contributed by atoms with Crippen molar-refractivity contribution in [3.05, 3.63) is 23.8 Å². The average Bonchev–Trinajstić information content (AvgIpc) is 3.25. The molecule has 0 amide bonds. The number of Topliss-reactive ketones (excluding diaryl/α,β-unsaturated/α-hetero) is 1. The largest absolute Gasteiger partial charge is 0.490 e. The molecule has 1 unspecified atom stereocenters. The van der Waals surface area contributed by atoms with Crippen LogP contribution in [0.3, 0.4) is 0 Å². The van der Waals surface area contributed by atoms with E-state index in [1.54, 1.807) is 19.2 Å². The normalized spacial score (nSPS) is 19.6. The summed E-state index contributed by atoms with van der Waals surface area (Å²) in [5, 5.41) is 0. The number of ether oxygens (including phenoxy) is 3. The van der Waals surface area contributed by atoms with Crippen LogP contribution >= 0.6 is 0 Å². The molecule has 1 aromatic rings. The second-order valence-corrected chi connectivity index (χ2v) is 5.07. The SMILES string of the molecule is COC(C(=O)c1ccc2c(c1)OCCCO2)C1CC1. The first kappa shape index (κ1) is 12.5. The minimum absolute atomic E-state index is 0.0423. The number of methoxy groups -OCH3 is 1. The van der Waals surface area contributed by atoms with E-state index < -0.39 is 0 Å². The Morgan fingerprint density at radius 2 is 2.00 bits per heavy atom. The lowest BCUT2D eigenvalue weighted by Gasteiger charge is -2.14. The average molecular weight is 262 g/mol. The highest BCUT2D eigenvalue weighted by Crippen LogP contribution is 2.37. The number of benzene rings is 1. The summed E-state index contributed by atoms with van der Waals surface area (Å²) >= 11 is 0. The second kappa shape index (κ2) is 5.21. The first-order chi connectivity index (χ1) is 9.29. The molecule has 0 saturated heterocycles. The smallest absolute Gasteiger partial charge is 0.191 e. The van der Waals surface area contributed by atoms with Crippen molar-refractivity contribution in [2.75, 3.05) is 20.3 Å². The van der Waals surface area contributed by atoms with Crippen LogP contribution in [-0.2, 0) is 4.74 Å². The molecule has 1 heterocycles. The molecule has 4 heteroatoms. The molecule has 1 aromatic carbocycles. The van der Waals surface area contributed by atoms with Crippen LogP contribution in [0.4, 0.5) is 0 Å². The first-order valence-corrected chi connectivity index (χ1v) is 6.76. The van der Waals surface area contributed by atoms with E-state index in [1.165, 1.54) is 0 Å². The van der Waals surface area contributed by atoms with Gasteiger partial charge in [-0.05, 0) is 37.0 Å². The van der Waals surface area contributed by atoms with E-state index in [2.05, 4.69) is 0 Å². The van der Waals surface area contributed by atoms with Gasteiger partial charge in [0.2, 0.25) is 0 Å². The van der Waals surface area contributed by atoms with Gasteiger partial charge in [-0.1, -0.05) is 0 Å². The van der Waals surface area contributed by atoms with Gasteiger partial charge in [0.05, 0.1) is 13.2 Å². The molecule has 1 atom stereocenters. The lowest BCUT2D eigenvalue weighted by molar-refractivity contribution is 0.0539. The number of hydrogen-bond donors (Lipinski definition) is 0. The fraction of sp³-hybridized carbons (Fsp3) is 0.533. The quantitative estimate of drug-likeness (QED) is 0.782. The fourth-order valence-corrected chi connectivity index (χ4v) is 2.39. The molecule has 4 nitrogen and oxygen atoms in total. The van der Waals surface area contributed by atoms with Crippen molar-refractivity contribution in [3.8, 4) is 11.5 Å². The third-order valence-electron chi connectivity index (χ3n) is 3.59. The molecule has 1 aliphatic heterocycles. The van der Waals surface area contributed by atoms with Gasteiger partial charge in [-0.15, -0.1) is 0 Å². The summed E-state index contributed by atoms with van der Waals surface area (Å²) in [5.41, 5.74) is 0.642. The molecule has 0 radical (unpaired) electrons. The van der Waals surface area contributed by atoms with Crippen LogP contribution in [0.2, 0.25) is 0 Å². The molecule has 0 spiro atoms. The zero-order valence-electron chi connectivity index (χ0n) is 11.1. The molecule has 19 heavy (non-hydrogen) atoms. The Labute approximate surface area is 112 Å². The number of fused-ring (bicyclic) bond motifs is 1. The van der Waals surface area contributed by atoms with Gasteiger partial charge in [0.25, 0.3) is 0 Å². The van der Waals surface area contributed by atoms with Crippen molar-refractivity contribution in [1.82, 2.24) is 0 Å². The molecular weight excluding hydrogens is 244 g/mol. The molecule has 0 N–H and O–H groups in total. The molecule has 3 rings (SSSR count). The molecule has 1 fully saturated rings. The minimum Gasteiger partial charge on any atom is -0.490 e. The highest BCUT2D eigenvalue weighted by Gasteiger charge is 2.36. The summed E-state index contributed by atoms with van der Waals surface area (Å²) in [6, 6.07) is 5.38. The molecule has 0 aromatic heterocycles. The van der Waals surface area contributed by atoms with E-state index in [0.717, 1.165) is 25.0 Å². The summed E-state index contributed by atoms with van der Waals surface area (Å²) in [4.78, 5) is 12.4. The molecule has 1 aliphatic carbocycles. The van der Waals surface area contributed by atoms with Crippen LogP contribution in [0.15, 0.2) is 18.2 Å².